The Hall–Kier alpha value is -1.66. The first-order valence-electron chi connectivity index (χ1n) is 9.97. The lowest BCUT2D eigenvalue weighted by atomic mass is 9.56. The number of allylic oxidation sites excluding steroid dienone is 2. The maximum atomic E-state index is 13.1. The van der Waals surface area contributed by atoms with Crippen LogP contribution in [-0.4, -0.2) is 41.6 Å². The molecule has 146 valence electrons. The summed E-state index contributed by atoms with van der Waals surface area (Å²) in [7, 11) is 0. The molecule has 0 radical (unpaired) electrons. The van der Waals surface area contributed by atoms with E-state index in [1.807, 2.05) is 6.08 Å². The van der Waals surface area contributed by atoms with Gasteiger partial charge < -0.3 is 19.3 Å². The maximum Gasteiger partial charge on any atom is 0.336 e. The van der Waals surface area contributed by atoms with Crippen molar-refractivity contribution in [2.75, 3.05) is 6.61 Å². The van der Waals surface area contributed by atoms with Gasteiger partial charge in [0, 0.05) is 12.5 Å². The number of hydrogen-bond acceptors (Lipinski definition) is 6. The first kappa shape index (κ1) is 17.4. The van der Waals surface area contributed by atoms with Gasteiger partial charge in [-0.3, -0.25) is 4.79 Å². The summed E-state index contributed by atoms with van der Waals surface area (Å²) in [4.78, 5) is 25.6. The fourth-order valence-electron chi connectivity index (χ4n) is 6.04. The maximum absolute atomic E-state index is 13.1. The summed E-state index contributed by atoms with van der Waals surface area (Å²) in [5.41, 5.74) is 1.68. The second kappa shape index (κ2) is 5.67. The van der Waals surface area contributed by atoms with Crippen LogP contribution in [0.4, 0.5) is 0 Å². The summed E-state index contributed by atoms with van der Waals surface area (Å²) in [6.45, 7) is 4.20. The van der Waals surface area contributed by atoms with Gasteiger partial charge in [0.2, 0.25) is 5.79 Å². The third kappa shape index (κ3) is 2.39. The van der Waals surface area contributed by atoms with Gasteiger partial charge in [0.05, 0.1) is 24.5 Å². The molecular weight excluding hydrogens is 348 g/mol. The molecule has 5 rings (SSSR count). The molecule has 0 spiro atoms. The van der Waals surface area contributed by atoms with Gasteiger partial charge in [-0.25, -0.2) is 4.79 Å². The molecule has 2 aliphatic carbocycles. The Labute approximate surface area is 158 Å². The van der Waals surface area contributed by atoms with E-state index in [4.69, 9.17) is 14.2 Å². The zero-order valence-electron chi connectivity index (χ0n) is 15.8. The molecule has 2 saturated heterocycles. The second-order valence-corrected chi connectivity index (χ2v) is 9.06. The minimum absolute atomic E-state index is 0.0596. The number of hydrogen-bond donors (Lipinski definition) is 1. The third-order valence-corrected chi connectivity index (χ3v) is 7.61. The van der Waals surface area contributed by atoms with Gasteiger partial charge in [0.1, 0.15) is 6.10 Å². The zero-order chi connectivity index (χ0) is 19.0. The average molecular weight is 374 g/mol. The molecule has 6 heteroatoms. The first-order valence-corrected chi connectivity index (χ1v) is 9.97. The highest BCUT2D eigenvalue weighted by atomic mass is 16.7. The number of ether oxygens (including phenoxy) is 3. The van der Waals surface area contributed by atoms with E-state index >= 15 is 0 Å². The van der Waals surface area contributed by atoms with Gasteiger partial charge >= 0.3 is 11.9 Å². The van der Waals surface area contributed by atoms with E-state index in [1.54, 1.807) is 6.92 Å². The lowest BCUT2D eigenvalue weighted by Crippen LogP contribution is -2.45. The Morgan fingerprint density at radius 3 is 2.81 bits per heavy atom. The topological polar surface area (TPSA) is 82.1 Å². The van der Waals surface area contributed by atoms with Crippen LogP contribution in [0.3, 0.4) is 0 Å². The van der Waals surface area contributed by atoms with Crippen molar-refractivity contribution < 1.29 is 28.9 Å². The van der Waals surface area contributed by atoms with Gasteiger partial charge in [-0.1, -0.05) is 24.6 Å². The van der Waals surface area contributed by atoms with Crippen molar-refractivity contribution in [1.29, 1.82) is 0 Å². The Morgan fingerprint density at radius 2 is 2.00 bits per heavy atom. The van der Waals surface area contributed by atoms with Crippen LogP contribution < -0.4 is 0 Å². The number of esters is 2. The first-order chi connectivity index (χ1) is 12.8. The molecule has 0 bridgehead atoms. The van der Waals surface area contributed by atoms with Gasteiger partial charge in [-0.2, -0.15) is 0 Å². The molecule has 7 atom stereocenters. The van der Waals surface area contributed by atoms with E-state index in [0.717, 1.165) is 12.8 Å². The summed E-state index contributed by atoms with van der Waals surface area (Å²) in [6, 6.07) is 0. The van der Waals surface area contributed by atoms with Crippen LogP contribution in [0.5, 0.6) is 0 Å². The fourth-order valence-corrected chi connectivity index (χ4v) is 6.04. The molecule has 3 fully saturated rings. The van der Waals surface area contributed by atoms with Crippen LogP contribution in [0.2, 0.25) is 0 Å². The summed E-state index contributed by atoms with van der Waals surface area (Å²) in [5.74, 6) is -2.13. The van der Waals surface area contributed by atoms with Crippen LogP contribution >= 0.6 is 0 Å². The molecule has 3 aliphatic heterocycles. The van der Waals surface area contributed by atoms with E-state index in [-0.39, 0.29) is 47.8 Å². The Morgan fingerprint density at radius 1 is 1.19 bits per heavy atom. The van der Waals surface area contributed by atoms with Crippen LogP contribution in [0.25, 0.3) is 0 Å². The van der Waals surface area contributed by atoms with E-state index in [1.165, 1.54) is 5.57 Å². The second-order valence-electron chi connectivity index (χ2n) is 9.06. The molecule has 6 unspecified atom stereocenters. The summed E-state index contributed by atoms with van der Waals surface area (Å²) in [6.07, 6.45) is 6.84. The van der Waals surface area contributed by atoms with E-state index < -0.39 is 11.9 Å². The third-order valence-electron chi connectivity index (χ3n) is 7.61. The predicted octanol–water partition coefficient (Wildman–Crippen LogP) is 2.26. The molecule has 1 N–H and O–H groups in total. The van der Waals surface area contributed by atoms with E-state index in [2.05, 4.69) is 13.0 Å². The van der Waals surface area contributed by atoms with E-state index in [0.29, 0.717) is 24.8 Å². The van der Waals surface area contributed by atoms with Gasteiger partial charge in [0.25, 0.3) is 0 Å². The van der Waals surface area contributed by atoms with Gasteiger partial charge in [-0.15, -0.1) is 0 Å². The molecule has 3 heterocycles. The van der Waals surface area contributed by atoms with E-state index in [9.17, 15) is 14.7 Å². The number of aliphatic hydroxyl groups excluding tert-OH is 1. The van der Waals surface area contributed by atoms with Crippen LogP contribution in [0.15, 0.2) is 23.3 Å². The lowest BCUT2D eigenvalue weighted by molar-refractivity contribution is -0.193. The highest BCUT2D eigenvalue weighted by Gasteiger charge is 2.61. The summed E-state index contributed by atoms with van der Waals surface area (Å²) in [5, 5.41) is 10.1. The number of fused-ring (bicyclic) bond motifs is 3. The molecule has 27 heavy (non-hydrogen) atoms. The lowest BCUT2D eigenvalue weighted by Gasteiger charge is -2.49. The normalized spacial score (nSPS) is 50.6. The van der Waals surface area contributed by atoms with Crippen molar-refractivity contribution >= 4 is 11.9 Å². The molecule has 1 saturated carbocycles. The van der Waals surface area contributed by atoms with Crippen molar-refractivity contribution in [2.45, 2.75) is 63.9 Å². The van der Waals surface area contributed by atoms with Crippen LogP contribution in [0, 0.1) is 23.2 Å². The standard InChI is InChI=1S/C21H26O6/c1-20-8-7-12(22)9-11(20)3-4-13-15(20)6-5-14-17-16(26-18(13)23)10-25-21(17,2)27-19(14)24/h3,5,12-13,15-17,22H,4,6-10H2,1-2H3/b14-5+/t12?,13?,15?,16?,17?,20?,21-/m1/s1. The Kier molecular flexibility index (Phi) is 3.66. The Bertz CT molecular complexity index is 769. The van der Waals surface area contributed by atoms with Gasteiger partial charge in [-0.05, 0) is 43.4 Å². The van der Waals surface area contributed by atoms with Crippen molar-refractivity contribution in [1.82, 2.24) is 0 Å². The molecular formula is C21H26O6. The smallest absolute Gasteiger partial charge is 0.336 e. The van der Waals surface area contributed by atoms with Crippen LogP contribution in [0.1, 0.15) is 46.0 Å². The SMILES string of the molecule is CC12CCC(O)CC1=CCC1C(=O)OC3CO[C@]4(C)OC(=O)/C(=C/CC12)C34. The quantitative estimate of drug-likeness (QED) is 0.517. The monoisotopic (exact) mass is 374 g/mol. The molecule has 5 aliphatic rings. The highest BCUT2D eigenvalue weighted by molar-refractivity contribution is 5.92. The molecule has 0 aromatic carbocycles. The fraction of sp³-hybridized carbons (Fsp3) is 0.714. The molecule has 6 nitrogen and oxygen atoms in total. The predicted molar refractivity (Wildman–Crippen MR) is 94.2 cm³/mol. The number of aliphatic hydroxyl groups is 1. The van der Waals surface area contributed by atoms with Gasteiger partial charge in [0.15, 0.2) is 0 Å². The molecule has 0 amide bonds. The van der Waals surface area contributed by atoms with Crippen molar-refractivity contribution in [3.8, 4) is 0 Å². The summed E-state index contributed by atoms with van der Waals surface area (Å²) >= 11 is 0. The minimum Gasteiger partial charge on any atom is -0.459 e. The summed E-state index contributed by atoms with van der Waals surface area (Å²) < 4.78 is 17.1. The van der Waals surface area contributed by atoms with Crippen molar-refractivity contribution in [3.05, 3.63) is 23.3 Å². The highest BCUT2D eigenvalue weighted by Crippen LogP contribution is 2.56. The number of rotatable bonds is 0. The Balaban J connectivity index is 1.56. The minimum atomic E-state index is -1.04. The van der Waals surface area contributed by atoms with Crippen molar-refractivity contribution in [3.63, 3.8) is 0 Å². The zero-order valence-corrected chi connectivity index (χ0v) is 15.8. The van der Waals surface area contributed by atoms with Crippen LogP contribution in [-0.2, 0) is 23.8 Å². The average Bonchev–Trinajstić information content (AvgIpc) is 3.06. The molecule has 0 aromatic rings. The van der Waals surface area contributed by atoms with Crippen molar-refractivity contribution in [2.24, 2.45) is 23.2 Å². The number of carbonyl (C=O) groups is 2. The molecule has 0 aromatic heterocycles. The largest absolute Gasteiger partial charge is 0.459 e. The number of carbonyl (C=O) groups excluding carboxylic acids is 2.